The third kappa shape index (κ3) is 3.79. The zero-order valence-electron chi connectivity index (χ0n) is 18.4. The first-order chi connectivity index (χ1) is 16.2. The van der Waals surface area contributed by atoms with Gasteiger partial charge in [0.25, 0.3) is 0 Å². The van der Waals surface area contributed by atoms with Crippen LogP contribution in [0.15, 0.2) is 73.2 Å². The van der Waals surface area contributed by atoms with Crippen LogP contribution in [0.3, 0.4) is 0 Å². The highest BCUT2D eigenvalue weighted by atomic mass is 15.0. The second kappa shape index (κ2) is 8.22. The van der Waals surface area contributed by atoms with Crippen LogP contribution in [0.1, 0.15) is 30.1 Å². The molecule has 5 aromatic rings. The van der Waals surface area contributed by atoms with E-state index in [1.54, 1.807) is 0 Å². The van der Waals surface area contributed by atoms with Crippen LogP contribution >= 0.6 is 0 Å². The molecule has 1 aliphatic heterocycles. The van der Waals surface area contributed by atoms with Gasteiger partial charge in [0.15, 0.2) is 5.82 Å². The maximum absolute atomic E-state index is 4.93. The zero-order chi connectivity index (χ0) is 22.2. The van der Waals surface area contributed by atoms with Gasteiger partial charge in [-0.15, -0.1) is 0 Å². The average molecular weight is 433 g/mol. The van der Waals surface area contributed by atoms with Crippen molar-refractivity contribution in [1.29, 1.82) is 0 Å². The first-order valence-electron chi connectivity index (χ1n) is 11.3. The Bertz CT molecular complexity index is 1450. The lowest BCUT2D eigenvalue weighted by Gasteiger charge is -2.13. The molecular formula is C27H24N6. The van der Waals surface area contributed by atoms with Gasteiger partial charge in [0.1, 0.15) is 11.3 Å². The second-order valence-electron chi connectivity index (χ2n) is 8.54. The number of fused-ring (bicyclic) bond motifs is 1. The second-order valence-corrected chi connectivity index (χ2v) is 8.54. The highest BCUT2D eigenvalue weighted by molar-refractivity contribution is 5.92. The van der Waals surface area contributed by atoms with Crippen LogP contribution in [0.2, 0.25) is 0 Å². The number of rotatable bonds is 4. The molecule has 0 spiro atoms. The van der Waals surface area contributed by atoms with Crippen LogP contribution in [0.25, 0.3) is 44.9 Å². The number of aromatic amines is 1. The van der Waals surface area contributed by atoms with Crippen LogP contribution in [-0.4, -0.2) is 31.5 Å². The van der Waals surface area contributed by atoms with Gasteiger partial charge in [0.05, 0.1) is 5.69 Å². The molecule has 0 saturated carbocycles. The molecule has 1 saturated heterocycles. The van der Waals surface area contributed by atoms with Gasteiger partial charge < -0.3 is 10.3 Å². The fraction of sp³-hybridized carbons (Fsp3) is 0.185. The predicted octanol–water partition coefficient (Wildman–Crippen LogP) is 5.48. The molecule has 162 valence electrons. The largest absolute Gasteiger partial charge is 0.346 e. The van der Waals surface area contributed by atoms with E-state index in [1.807, 2.05) is 49.8 Å². The van der Waals surface area contributed by atoms with E-state index in [9.17, 15) is 0 Å². The van der Waals surface area contributed by atoms with Crippen molar-refractivity contribution in [2.24, 2.45) is 0 Å². The molecule has 6 heteroatoms. The Hall–Kier alpha value is -3.90. The number of hydrogen-bond donors (Lipinski definition) is 2. The van der Waals surface area contributed by atoms with Gasteiger partial charge in [0.2, 0.25) is 0 Å². The van der Waals surface area contributed by atoms with E-state index in [2.05, 4.69) is 50.6 Å². The number of aromatic nitrogens is 5. The van der Waals surface area contributed by atoms with Crippen LogP contribution in [0.5, 0.6) is 0 Å². The van der Waals surface area contributed by atoms with Crippen molar-refractivity contribution in [3.05, 3.63) is 84.4 Å². The summed E-state index contributed by atoms with van der Waals surface area (Å²) >= 11 is 0. The van der Waals surface area contributed by atoms with Gasteiger partial charge in [0, 0.05) is 46.8 Å². The van der Waals surface area contributed by atoms with E-state index in [1.165, 1.54) is 18.4 Å². The highest BCUT2D eigenvalue weighted by Crippen LogP contribution is 2.32. The van der Waals surface area contributed by atoms with Crippen molar-refractivity contribution >= 4 is 11.0 Å². The van der Waals surface area contributed by atoms with Gasteiger partial charge in [-0.05, 0) is 67.8 Å². The van der Waals surface area contributed by atoms with Crippen molar-refractivity contribution in [1.82, 2.24) is 30.2 Å². The standard InChI is InChI=1S/C27H24N6/c1-17-5-2-8-24(31-17)27-32-25(22-10-12-30-26(22)33-27)21-14-20(15-28-16-21)18-6-3-7-19(13-18)23-9-4-11-29-23/h2-3,5-8,10,12-16,23,29H,4,9,11H2,1H3,(H,30,32,33). The topological polar surface area (TPSA) is 79.4 Å². The van der Waals surface area contributed by atoms with Crippen LogP contribution in [0.4, 0.5) is 0 Å². The molecule has 1 aromatic carbocycles. The Morgan fingerprint density at radius 1 is 0.879 bits per heavy atom. The van der Waals surface area contributed by atoms with Crippen molar-refractivity contribution in [3.8, 4) is 33.9 Å². The Balaban J connectivity index is 1.45. The predicted molar refractivity (Wildman–Crippen MR) is 131 cm³/mol. The summed E-state index contributed by atoms with van der Waals surface area (Å²) in [7, 11) is 0. The number of pyridine rings is 2. The molecule has 1 unspecified atom stereocenters. The van der Waals surface area contributed by atoms with Gasteiger partial charge in [-0.25, -0.2) is 15.0 Å². The first-order valence-corrected chi connectivity index (χ1v) is 11.3. The molecule has 1 fully saturated rings. The van der Waals surface area contributed by atoms with Crippen molar-refractivity contribution in [2.75, 3.05) is 6.54 Å². The number of nitrogens with zero attached hydrogens (tertiary/aromatic N) is 4. The van der Waals surface area contributed by atoms with Gasteiger partial charge >= 0.3 is 0 Å². The summed E-state index contributed by atoms with van der Waals surface area (Å²) in [5.41, 5.74) is 7.86. The monoisotopic (exact) mass is 432 g/mol. The molecule has 2 N–H and O–H groups in total. The van der Waals surface area contributed by atoms with E-state index in [0.717, 1.165) is 51.4 Å². The lowest BCUT2D eigenvalue weighted by molar-refractivity contribution is 0.648. The minimum Gasteiger partial charge on any atom is -0.346 e. The Kier molecular flexibility index (Phi) is 4.92. The number of benzene rings is 1. The molecule has 0 bridgehead atoms. The van der Waals surface area contributed by atoms with Crippen LogP contribution in [0, 0.1) is 6.92 Å². The lowest BCUT2D eigenvalue weighted by atomic mass is 9.98. The fourth-order valence-corrected chi connectivity index (χ4v) is 4.57. The molecule has 4 aromatic heterocycles. The minimum atomic E-state index is 0.437. The van der Waals surface area contributed by atoms with Crippen molar-refractivity contribution < 1.29 is 0 Å². The molecule has 6 rings (SSSR count). The van der Waals surface area contributed by atoms with E-state index >= 15 is 0 Å². The molecule has 0 aliphatic carbocycles. The summed E-state index contributed by atoms with van der Waals surface area (Å²) in [6, 6.07) is 19.3. The SMILES string of the molecule is Cc1cccc(-c2nc(-c3cncc(-c4cccc(C5CCCN5)c4)c3)c3cc[nH]c3n2)n1. The molecule has 6 nitrogen and oxygen atoms in total. The van der Waals surface area contributed by atoms with Crippen LogP contribution < -0.4 is 5.32 Å². The van der Waals surface area contributed by atoms with Crippen molar-refractivity contribution in [2.45, 2.75) is 25.8 Å². The summed E-state index contributed by atoms with van der Waals surface area (Å²) < 4.78 is 0. The molecule has 1 atom stereocenters. The molecule has 0 amide bonds. The average Bonchev–Trinajstić information content (AvgIpc) is 3.56. The Labute approximate surface area is 192 Å². The number of nitrogens with one attached hydrogen (secondary N) is 2. The highest BCUT2D eigenvalue weighted by Gasteiger charge is 2.17. The summed E-state index contributed by atoms with van der Waals surface area (Å²) in [5.74, 6) is 0.600. The van der Waals surface area contributed by atoms with Gasteiger partial charge in [-0.3, -0.25) is 4.98 Å². The van der Waals surface area contributed by atoms with Crippen molar-refractivity contribution in [3.63, 3.8) is 0 Å². The van der Waals surface area contributed by atoms with E-state index < -0.39 is 0 Å². The van der Waals surface area contributed by atoms with Gasteiger partial charge in [-0.1, -0.05) is 24.3 Å². The first kappa shape index (κ1) is 19.8. The smallest absolute Gasteiger partial charge is 0.180 e. The van der Waals surface area contributed by atoms with Gasteiger partial charge in [-0.2, -0.15) is 0 Å². The quantitative estimate of drug-likeness (QED) is 0.393. The molecular weight excluding hydrogens is 408 g/mol. The Morgan fingerprint density at radius 2 is 1.79 bits per heavy atom. The molecule has 0 radical (unpaired) electrons. The lowest BCUT2D eigenvalue weighted by Crippen LogP contribution is -2.12. The molecule has 5 heterocycles. The third-order valence-corrected chi connectivity index (χ3v) is 6.23. The maximum atomic E-state index is 4.93. The van der Waals surface area contributed by atoms with Crippen LogP contribution in [-0.2, 0) is 0 Å². The summed E-state index contributed by atoms with van der Waals surface area (Å²) in [4.78, 5) is 22.1. The molecule has 1 aliphatic rings. The van der Waals surface area contributed by atoms with E-state index in [-0.39, 0.29) is 0 Å². The number of H-pyrrole nitrogens is 1. The summed E-state index contributed by atoms with van der Waals surface area (Å²) in [5, 5.41) is 4.56. The maximum Gasteiger partial charge on any atom is 0.180 e. The summed E-state index contributed by atoms with van der Waals surface area (Å²) in [6.07, 6.45) is 8.09. The van der Waals surface area contributed by atoms with E-state index in [4.69, 9.17) is 9.97 Å². The Morgan fingerprint density at radius 3 is 2.67 bits per heavy atom. The zero-order valence-corrected chi connectivity index (χ0v) is 18.4. The molecule has 33 heavy (non-hydrogen) atoms. The number of aryl methyl sites for hydroxylation is 1. The minimum absolute atomic E-state index is 0.437. The fourth-order valence-electron chi connectivity index (χ4n) is 4.57. The summed E-state index contributed by atoms with van der Waals surface area (Å²) in [6.45, 7) is 3.06. The third-order valence-electron chi connectivity index (χ3n) is 6.23. The van der Waals surface area contributed by atoms with E-state index in [0.29, 0.717) is 11.9 Å². The number of hydrogen-bond acceptors (Lipinski definition) is 5. The normalized spacial score (nSPS) is 15.8.